The van der Waals surface area contributed by atoms with Gasteiger partial charge >= 0.3 is 0 Å². The summed E-state index contributed by atoms with van der Waals surface area (Å²) in [5.41, 5.74) is 1.47. The molecule has 1 atom stereocenters. The Morgan fingerprint density at radius 2 is 2.00 bits per heavy atom. The zero-order valence-electron chi connectivity index (χ0n) is 13.1. The number of aromatic nitrogens is 1. The van der Waals surface area contributed by atoms with Crippen LogP contribution in [0, 0.1) is 0 Å². The number of rotatable bonds is 7. The molecule has 0 aliphatic carbocycles. The molecule has 112 valence electrons. The van der Waals surface area contributed by atoms with Crippen molar-refractivity contribution < 1.29 is 9.41 Å². The molecule has 2 rings (SSSR count). The summed E-state index contributed by atoms with van der Waals surface area (Å²) in [6.45, 7) is 8.26. The van der Waals surface area contributed by atoms with Gasteiger partial charge in [0.25, 0.3) is 0 Å². The van der Waals surface area contributed by atoms with E-state index >= 15 is 0 Å². The summed E-state index contributed by atoms with van der Waals surface area (Å²) in [7, 11) is 0. The van der Waals surface area contributed by atoms with Crippen LogP contribution in [-0.2, 0) is 4.74 Å². The van der Waals surface area contributed by atoms with E-state index in [2.05, 4.69) is 47.9 Å². The molecular weight excluding hydrogens is 248 g/mol. The second-order valence-corrected chi connectivity index (χ2v) is 5.64. The molecule has 1 aliphatic heterocycles. The van der Waals surface area contributed by atoms with Crippen molar-refractivity contribution in [1.82, 2.24) is 0 Å². The molecule has 3 nitrogen and oxygen atoms in total. The molecule has 1 unspecified atom stereocenters. The van der Waals surface area contributed by atoms with Crippen LogP contribution in [-0.4, -0.2) is 26.3 Å². The predicted molar refractivity (Wildman–Crippen MR) is 82.6 cm³/mol. The Morgan fingerprint density at radius 1 is 1.20 bits per heavy atom. The SMILES string of the molecule is CCCCCC(CC)c1cccc[n+]1N1CCOCC1. The summed E-state index contributed by atoms with van der Waals surface area (Å²) in [5, 5.41) is 2.42. The fourth-order valence-corrected chi connectivity index (χ4v) is 3.00. The Labute approximate surface area is 123 Å². The number of pyridine rings is 1. The largest absolute Gasteiger partial charge is 0.377 e. The molecule has 1 aromatic heterocycles. The van der Waals surface area contributed by atoms with Crippen LogP contribution in [0.4, 0.5) is 0 Å². The lowest BCUT2D eigenvalue weighted by Gasteiger charge is -2.25. The van der Waals surface area contributed by atoms with Gasteiger partial charge < -0.3 is 4.74 Å². The topological polar surface area (TPSA) is 16.4 Å². The summed E-state index contributed by atoms with van der Waals surface area (Å²) in [6.07, 6.45) is 8.72. The molecule has 0 bridgehead atoms. The molecule has 1 aliphatic rings. The van der Waals surface area contributed by atoms with Crippen LogP contribution < -0.4 is 9.69 Å². The van der Waals surface area contributed by atoms with E-state index in [1.807, 2.05) is 0 Å². The summed E-state index contributed by atoms with van der Waals surface area (Å²) < 4.78 is 7.85. The van der Waals surface area contributed by atoms with E-state index in [1.54, 1.807) is 0 Å². The van der Waals surface area contributed by atoms with Gasteiger partial charge in [-0.1, -0.05) is 37.8 Å². The number of ether oxygens (including phenoxy) is 1. The van der Waals surface area contributed by atoms with Gasteiger partial charge in [0, 0.05) is 18.1 Å². The monoisotopic (exact) mass is 277 g/mol. The predicted octanol–water partition coefficient (Wildman–Crippen LogP) is 3.02. The van der Waals surface area contributed by atoms with Crippen molar-refractivity contribution in [2.24, 2.45) is 0 Å². The highest BCUT2D eigenvalue weighted by Crippen LogP contribution is 2.23. The van der Waals surface area contributed by atoms with Crippen LogP contribution in [0.25, 0.3) is 0 Å². The molecule has 0 radical (unpaired) electrons. The van der Waals surface area contributed by atoms with Crippen LogP contribution in [0.1, 0.15) is 57.6 Å². The third-order valence-electron chi connectivity index (χ3n) is 4.23. The van der Waals surface area contributed by atoms with Gasteiger partial charge in [-0.15, -0.1) is 0 Å². The van der Waals surface area contributed by atoms with Crippen LogP contribution in [0.2, 0.25) is 0 Å². The third-order valence-corrected chi connectivity index (χ3v) is 4.23. The van der Waals surface area contributed by atoms with Gasteiger partial charge in [-0.25, -0.2) is 0 Å². The zero-order valence-corrected chi connectivity index (χ0v) is 13.1. The van der Waals surface area contributed by atoms with Crippen LogP contribution in [0.3, 0.4) is 0 Å². The minimum atomic E-state index is 0.672. The normalized spacial score (nSPS) is 17.2. The van der Waals surface area contributed by atoms with Crippen molar-refractivity contribution in [3.8, 4) is 0 Å². The van der Waals surface area contributed by atoms with Gasteiger partial charge in [0.05, 0.1) is 26.3 Å². The Balaban J connectivity index is 2.12. The molecule has 1 fully saturated rings. The first kappa shape index (κ1) is 15.3. The van der Waals surface area contributed by atoms with E-state index in [0.29, 0.717) is 5.92 Å². The molecular formula is C17H29N2O+. The highest BCUT2D eigenvalue weighted by atomic mass is 16.5. The van der Waals surface area contributed by atoms with E-state index < -0.39 is 0 Å². The Morgan fingerprint density at radius 3 is 2.70 bits per heavy atom. The highest BCUT2D eigenvalue weighted by molar-refractivity contribution is 5.04. The third kappa shape index (κ3) is 3.95. The van der Waals surface area contributed by atoms with Gasteiger partial charge in [0.15, 0.2) is 6.20 Å². The number of unbranched alkanes of at least 4 members (excludes halogenated alkanes) is 2. The summed E-state index contributed by atoms with van der Waals surface area (Å²) in [6, 6.07) is 6.61. The highest BCUT2D eigenvalue weighted by Gasteiger charge is 2.25. The zero-order chi connectivity index (χ0) is 14.2. The van der Waals surface area contributed by atoms with E-state index in [4.69, 9.17) is 4.74 Å². The number of hydrogen-bond donors (Lipinski definition) is 0. The second-order valence-electron chi connectivity index (χ2n) is 5.64. The summed E-state index contributed by atoms with van der Waals surface area (Å²) in [5.74, 6) is 0.672. The smallest absolute Gasteiger partial charge is 0.214 e. The quantitative estimate of drug-likeness (QED) is 0.563. The van der Waals surface area contributed by atoms with Crippen molar-refractivity contribution in [3.05, 3.63) is 30.1 Å². The maximum atomic E-state index is 5.47. The lowest BCUT2D eigenvalue weighted by molar-refractivity contribution is -0.703. The average molecular weight is 277 g/mol. The fraction of sp³-hybridized carbons (Fsp3) is 0.706. The van der Waals surface area contributed by atoms with Crippen molar-refractivity contribution >= 4 is 0 Å². The average Bonchev–Trinajstić information content (AvgIpc) is 2.53. The van der Waals surface area contributed by atoms with Crippen LogP contribution in [0.15, 0.2) is 24.4 Å². The van der Waals surface area contributed by atoms with Gasteiger partial charge in [0.1, 0.15) is 0 Å². The molecule has 0 amide bonds. The molecule has 1 saturated heterocycles. The van der Waals surface area contributed by atoms with Crippen molar-refractivity contribution in [3.63, 3.8) is 0 Å². The minimum Gasteiger partial charge on any atom is -0.377 e. The Hall–Kier alpha value is -1.09. The molecule has 3 heteroatoms. The molecule has 0 spiro atoms. The van der Waals surface area contributed by atoms with Crippen LogP contribution in [0.5, 0.6) is 0 Å². The molecule has 1 aromatic rings. The minimum absolute atomic E-state index is 0.672. The summed E-state index contributed by atoms with van der Waals surface area (Å²) >= 11 is 0. The van der Waals surface area contributed by atoms with Gasteiger partial charge in [-0.05, 0) is 18.9 Å². The Bertz CT molecular complexity index is 388. The van der Waals surface area contributed by atoms with Crippen LogP contribution >= 0.6 is 0 Å². The Kier molecular flexibility index (Phi) is 6.31. The van der Waals surface area contributed by atoms with Gasteiger partial charge in [-0.3, -0.25) is 0 Å². The molecule has 0 saturated carbocycles. The van der Waals surface area contributed by atoms with Crippen molar-refractivity contribution in [2.75, 3.05) is 31.3 Å². The standard InChI is InChI=1S/C17H29N2O/c1-3-5-6-9-16(4-2)17-10-7-8-11-19(17)18-12-14-20-15-13-18/h7-8,10-11,16H,3-6,9,12-15H2,1-2H3/q+1. The number of hydrogen-bond acceptors (Lipinski definition) is 2. The van der Waals surface area contributed by atoms with Gasteiger partial charge in [-0.2, -0.15) is 5.01 Å². The first-order chi connectivity index (χ1) is 9.86. The lowest BCUT2D eigenvalue weighted by atomic mass is 9.94. The first-order valence-electron chi connectivity index (χ1n) is 8.20. The second kappa shape index (κ2) is 8.25. The maximum absolute atomic E-state index is 5.47. The maximum Gasteiger partial charge on any atom is 0.214 e. The number of morpholine rings is 1. The summed E-state index contributed by atoms with van der Waals surface area (Å²) in [4.78, 5) is 0. The van der Waals surface area contributed by atoms with E-state index in [1.165, 1.54) is 37.8 Å². The fourth-order valence-electron chi connectivity index (χ4n) is 3.00. The first-order valence-corrected chi connectivity index (χ1v) is 8.20. The molecule has 20 heavy (non-hydrogen) atoms. The van der Waals surface area contributed by atoms with E-state index in [9.17, 15) is 0 Å². The van der Waals surface area contributed by atoms with Crippen molar-refractivity contribution in [2.45, 2.75) is 51.9 Å². The molecule has 0 aromatic carbocycles. The van der Waals surface area contributed by atoms with E-state index in [0.717, 1.165) is 26.3 Å². The number of nitrogens with zero attached hydrogens (tertiary/aromatic N) is 2. The van der Waals surface area contributed by atoms with E-state index in [-0.39, 0.29) is 0 Å². The lowest BCUT2D eigenvalue weighted by Crippen LogP contribution is -2.64. The molecule has 0 N–H and O–H groups in total. The molecule has 2 heterocycles. The van der Waals surface area contributed by atoms with Crippen molar-refractivity contribution in [1.29, 1.82) is 0 Å². The van der Waals surface area contributed by atoms with Gasteiger partial charge in [0.2, 0.25) is 5.69 Å².